The van der Waals surface area contributed by atoms with E-state index >= 15 is 0 Å². The number of rotatable bonds is 2. The number of nitrogens with zero attached hydrogens (tertiary/aromatic N) is 2. The average molecular weight is 289 g/mol. The molecule has 0 saturated carbocycles. The van der Waals surface area contributed by atoms with Gasteiger partial charge < -0.3 is 4.57 Å². The van der Waals surface area contributed by atoms with E-state index in [1.54, 1.807) is 0 Å². The van der Waals surface area contributed by atoms with E-state index in [1.165, 1.54) is 0 Å². The SMILES string of the molecule is Cc1cc(CC#N)c(C)n1-c1ccc(Br)cc1. The van der Waals surface area contributed by atoms with E-state index in [0.717, 1.165) is 27.1 Å². The predicted octanol–water partition coefficient (Wildman–Crippen LogP) is 3.92. The van der Waals surface area contributed by atoms with Crippen LogP contribution in [0.15, 0.2) is 34.8 Å². The van der Waals surface area contributed by atoms with E-state index in [2.05, 4.69) is 58.6 Å². The zero-order valence-corrected chi connectivity index (χ0v) is 11.5. The van der Waals surface area contributed by atoms with Gasteiger partial charge in [-0.2, -0.15) is 5.26 Å². The molecule has 0 bridgehead atoms. The summed E-state index contributed by atoms with van der Waals surface area (Å²) < 4.78 is 3.25. The van der Waals surface area contributed by atoms with Gasteiger partial charge in [-0.1, -0.05) is 15.9 Å². The number of nitriles is 1. The lowest BCUT2D eigenvalue weighted by Gasteiger charge is -2.09. The van der Waals surface area contributed by atoms with Crippen LogP contribution >= 0.6 is 15.9 Å². The van der Waals surface area contributed by atoms with Gasteiger partial charge in [0.05, 0.1) is 12.5 Å². The first-order valence-electron chi connectivity index (χ1n) is 5.44. The fraction of sp³-hybridized carbons (Fsp3) is 0.214. The molecule has 2 nitrogen and oxygen atoms in total. The molecular weight excluding hydrogens is 276 g/mol. The van der Waals surface area contributed by atoms with Gasteiger partial charge in [0.2, 0.25) is 0 Å². The summed E-state index contributed by atoms with van der Waals surface area (Å²) in [4.78, 5) is 0. The minimum Gasteiger partial charge on any atom is -0.318 e. The zero-order valence-electron chi connectivity index (χ0n) is 9.87. The largest absolute Gasteiger partial charge is 0.318 e. The summed E-state index contributed by atoms with van der Waals surface area (Å²) in [6.45, 7) is 4.12. The van der Waals surface area contributed by atoms with E-state index in [1.807, 2.05) is 12.1 Å². The van der Waals surface area contributed by atoms with Crippen LogP contribution in [0, 0.1) is 25.2 Å². The molecule has 0 atom stereocenters. The third-order valence-corrected chi connectivity index (χ3v) is 3.42. The summed E-state index contributed by atoms with van der Waals surface area (Å²) >= 11 is 3.43. The summed E-state index contributed by atoms with van der Waals surface area (Å²) in [6.07, 6.45) is 0.468. The smallest absolute Gasteiger partial charge is 0.0670 e. The molecule has 86 valence electrons. The number of halogens is 1. The van der Waals surface area contributed by atoms with Crippen molar-refractivity contribution in [3.63, 3.8) is 0 Å². The summed E-state index contributed by atoms with van der Waals surface area (Å²) in [6, 6.07) is 12.5. The standard InChI is InChI=1S/C14H13BrN2/c1-10-9-12(7-8-16)11(2)17(10)14-5-3-13(15)4-6-14/h3-6,9H,7H2,1-2H3. The van der Waals surface area contributed by atoms with E-state index < -0.39 is 0 Å². The Morgan fingerprint density at radius 3 is 2.47 bits per heavy atom. The highest BCUT2D eigenvalue weighted by Crippen LogP contribution is 2.22. The third kappa shape index (κ3) is 2.27. The maximum atomic E-state index is 8.79. The molecule has 0 unspecified atom stereocenters. The number of hydrogen-bond donors (Lipinski definition) is 0. The van der Waals surface area contributed by atoms with Crippen LogP contribution in [0.25, 0.3) is 5.69 Å². The van der Waals surface area contributed by atoms with Crippen LogP contribution < -0.4 is 0 Å². The van der Waals surface area contributed by atoms with E-state index in [-0.39, 0.29) is 0 Å². The number of aryl methyl sites for hydroxylation is 1. The summed E-state index contributed by atoms with van der Waals surface area (Å²) in [5.41, 5.74) is 4.54. The highest BCUT2D eigenvalue weighted by molar-refractivity contribution is 9.10. The highest BCUT2D eigenvalue weighted by Gasteiger charge is 2.09. The van der Waals surface area contributed by atoms with Crippen molar-refractivity contribution >= 4 is 15.9 Å². The molecule has 0 fully saturated rings. The first kappa shape index (κ1) is 11.9. The topological polar surface area (TPSA) is 28.7 Å². The van der Waals surface area contributed by atoms with Crippen molar-refractivity contribution in [1.29, 1.82) is 5.26 Å². The second-order valence-corrected chi connectivity index (χ2v) is 4.96. The Morgan fingerprint density at radius 2 is 1.88 bits per heavy atom. The molecule has 1 heterocycles. The molecule has 0 saturated heterocycles. The van der Waals surface area contributed by atoms with Crippen LogP contribution in [0.4, 0.5) is 0 Å². The summed E-state index contributed by atoms with van der Waals surface area (Å²) in [7, 11) is 0. The molecule has 0 aliphatic carbocycles. The van der Waals surface area contributed by atoms with E-state index in [4.69, 9.17) is 5.26 Å². The lowest BCUT2D eigenvalue weighted by molar-refractivity contribution is 0.956. The van der Waals surface area contributed by atoms with E-state index in [0.29, 0.717) is 6.42 Å². The molecule has 3 heteroatoms. The van der Waals surface area contributed by atoms with Crippen LogP contribution in [0.2, 0.25) is 0 Å². The second kappa shape index (κ2) is 4.77. The molecule has 0 N–H and O–H groups in total. The monoisotopic (exact) mass is 288 g/mol. The fourth-order valence-corrected chi connectivity index (χ4v) is 2.35. The maximum Gasteiger partial charge on any atom is 0.0670 e. The molecule has 2 rings (SSSR count). The van der Waals surface area contributed by atoms with Gasteiger partial charge in [0.1, 0.15) is 0 Å². The van der Waals surface area contributed by atoms with E-state index in [9.17, 15) is 0 Å². The quantitative estimate of drug-likeness (QED) is 0.823. The van der Waals surface area contributed by atoms with Gasteiger partial charge >= 0.3 is 0 Å². The molecule has 0 aliphatic heterocycles. The molecule has 17 heavy (non-hydrogen) atoms. The molecular formula is C14H13BrN2. The maximum absolute atomic E-state index is 8.79. The van der Waals surface area contributed by atoms with Crippen molar-refractivity contribution < 1.29 is 0 Å². The normalized spacial score (nSPS) is 10.2. The fourth-order valence-electron chi connectivity index (χ4n) is 2.08. The summed E-state index contributed by atoms with van der Waals surface area (Å²) in [5, 5.41) is 8.79. The van der Waals surface area contributed by atoms with Gasteiger partial charge in [0.15, 0.2) is 0 Å². The van der Waals surface area contributed by atoms with Crippen LogP contribution in [-0.2, 0) is 6.42 Å². The lowest BCUT2D eigenvalue weighted by atomic mass is 10.2. The summed E-state index contributed by atoms with van der Waals surface area (Å²) in [5.74, 6) is 0. The lowest BCUT2D eigenvalue weighted by Crippen LogP contribution is -1.99. The molecule has 0 spiro atoms. The second-order valence-electron chi connectivity index (χ2n) is 4.04. The number of benzene rings is 1. The van der Waals surface area contributed by atoms with Gasteiger partial charge in [0.25, 0.3) is 0 Å². The van der Waals surface area contributed by atoms with Gasteiger partial charge in [0, 0.05) is 21.5 Å². The van der Waals surface area contributed by atoms with Crippen molar-refractivity contribution in [1.82, 2.24) is 4.57 Å². The minimum absolute atomic E-state index is 0.468. The van der Waals surface area contributed by atoms with Crippen molar-refractivity contribution in [2.24, 2.45) is 0 Å². The van der Waals surface area contributed by atoms with Crippen molar-refractivity contribution in [2.45, 2.75) is 20.3 Å². The Hall–Kier alpha value is -1.53. The minimum atomic E-state index is 0.468. The molecule has 0 amide bonds. The van der Waals surface area contributed by atoms with Gasteiger partial charge in [-0.25, -0.2) is 0 Å². The van der Waals surface area contributed by atoms with Gasteiger partial charge in [-0.15, -0.1) is 0 Å². The van der Waals surface area contributed by atoms with Crippen molar-refractivity contribution in [2.75, 3.05) is 0 Å². The zero-order chi connectivity index (χ0) is 12.4. The van der Waals surface area contributed by atoms with Crippen LogP contribution in [0.5, 0.6) is 0 Å². The Bertz CT molecular complexity index is 574. The Labute approximate surface area is 110 Å². The van der Waals surface area contributed by atoms with Crippen molar-refractivity contribution in [3.8, 4) is 11.8 Å². The Morgan fingerprint density at radius 1 is 1.24 bits per heavy atom. The number of aromatic nitrogens is 1. The van der Waals surface area contributed by atoms with Crippen LogP contribution in [-0.4, -0.2) is 4.57 Å². The Kier molecular flexibility index (Phi) is 3.35. The van der Waals surface area contributed by atoms with Crippen molar-refractivity contribution in [3.05, 3.63) is 51.8 Å². The first-order valence-corrected chi connectivity index (χ1v) is 6.23. The third-order valence-electron chi connectivity index (χ3n) is 2.89. The van der Waals surface area contributed by atoms with Gasteiger partial charge in [-0.3, -0.25) is 0 Å². The van der Waals surface area contributed by atoms with Gasteiger partial charge in [-0.05, 0) is 49.7 Å². The molecule has 1 aromatic heterocycles. The number of hydrogen-bond acceptors (Lipinski definition) is 1. The molecule has 2 aromatic rings. The molecule has 0 radical (unpaired) electrons. The Balaban J connectivity index is 2.52. The van der Waals surface area contributed by atoms with Crippen LogP contribution in [0.3, 0.4) is 0 Å². The predicted molar refractivity (Wildman–Crippen MR) is 72.3 cm³/mol. The first-order chi connectivity index (χ1) is 8.13. The highest BCUT2D eigenvalue weighted by atomic mass is 79.9. The molecule has 1 aromatic carbocycles. The molecule has 0 aliphatic rings. The average Bonchev–Trinajstić information content (AvgIpc) is 2.57. The van der Waals surface area contributed by atoms with Crippen LogP contribution in [0.1, 0.15) is 17.0 Å².